The topological polar surface area (TPSA) is 81.1 Å². The van der Waals surface area contributed by atoms with Gasteiger partial charge in [-0.3, -0.25) is 4.68 Å². The molecule has 7 nitrogen and oxygen atoms in total. The van der Waals surface area contributed by atoms with E-state index >= 15 is 0 Å². The van der Waals surface area contributed by atoms with E-state index in [9.17, 15) is 4.79 Å². The molecule has 0 saturated carbocycles. The average molecular weight is 317 g/mol. The molecule has 0 aromatic carbocycles. The first-order valence-electron chi connectivity index (χ1n) is 7.48. The quantitative estimate of drug-likeness (QED) is 0.886. The van der Waals surface area contributed by atoms with Crippen molar-refractivity contribution in [3.8, 4) is 5.88 Å². The molecule has 1 atom stereocenters. The molecule has 2 rings (SSSR count). The van der Waals surface area contributed by atoms with Crippen LogP contribution >= 0.6 is 0 Å². The normalized spacial score (nSPS) is 11.9. The maximum Gasteiger partial charge on any atom is 0.319 e. The second kappa shape index (κ2) is 7.13. The molecule has 2 aromatic rings. The summed E-state index contributed by atoms with van der Waals surface area (Å²) >= 11 is 0. The summed E-state index contributed by atoms with van der Waals surface area (Å²) in [5.41, 5.74) is 3.81. The van der Waals surface area contributed by atoms with Crippen LogP contribution in [-0.4, -0.2) is 33.9 Å². The zero-order valence-electron chi connectivity index (χ0n) is 14.2. The molecule has 2 aromatic heterocycles. The number of pyridine rings is 1. The molecule has 124 valence electrons. The van der Waals surface area contributed by atoms with Gasteiger partial charge < -0.3 is 15.4 Å². The number of aromatic nitrogens is 3. The Bertz CT molecular complexity index is 696. The van der Waals surface area contributed by atoms with Gasteiger partial charge in [-0.15, -0.1) is 0 Å². The minimum atomic E-state index is -0.289. The molecule has 2 heterocycles. The number of carbonyl (C=O) groups is 1. The van der Waals surface area contributed by atoms with Gasteiger partial charge in [0.05, 0.1) is 12.8 Å². The lowest BCUT2D eigenvalue weighted by Gasteiger charge is -2.15. The minimum Gasteiger partial charge on any atom is -0.480 e. The van der Waals surface area contributed by atoms with Gasteiger partial charge in [-0.25, -0.2) is 9.78 Å². The fraction of sp³-hybridized carbons (Fsp3) is 0.438. The first-order valence-corrected chi connectivity index (χ1v) is 7.48. The molecule has 0 saturated heterocycles. The van der Waals surface area contributed by atoms with Gasteiger partial charge in [0.25, 0.3) is 0 Å². The van der Waals surface area contributed by atoms with Crippen LogP contribution in [0.1, 0.15) is 23.9 Å². The Hall–Kier alpha value is -2.57. The molecule has 0 fully saturated rings. The number of ether oxygens (including phenoxy) is 1. The number of methoxy groups -OCH3 is 1. The van der Waals surface area contributed by atoms with E-state index < -0.39 is 0 Å². The Labute approximate surface area is 136 Å². The molecule has 0 unspecified atom stereocenters. The van der Waals surface area contributed by atoms with Crippen molar-refractivity contribution in [2.24, 2.45) is 7.05 Å². The van der Waals surface area contributed by atoms with E-state index in [2.05, 4.69) is 20.7 Å². The van der Waals surface area contributed by atoms with Crippen LogP contribution in [-0.2, 0) is 13.5 Å². The zero-order valence-corrected chi connectivity index (χ0v) is 14.2. The molecule has 0 bridgehead atoms. The lowest BCUT2D eigenvalue weighted by molar-refractivity contribution is 0.249. The maximum absolute atomic E-state index is 12.1. The number of hydrogen-bond acceptors (Lipinski definition) is 4. The van der Waals surface area contributed by atoms with Crippen molar-refractivity contribution in [2.45, 2.75) is 33.2 Å². The third-order valence-electron chi connectivity index (χ3n) is 3.76. The third-order valence-corrected chi connectivity index (χ3v) is 3.76. The SMILES string of the molecule is COc1ncccc1NC(=O)N[C@@H](C)Cc1c(C)nn(C)c1C. The van der Waals surface area contributed by atoms with Crippen LogP contribution in [0.4, 0.5) is 10.5 Å². The fourth-order valence-electron chi connectivity index (χ4n) is 2.50. The number of anilines is 1. The number of hydrogen-bond donors (Lipinski definition) is 2. The summed E-state index contributed by atoms with van der Waals surface area (Å²) in [5, 5.41) is 10.1. The van der Waals surface area contributed by atoms with Crippen molar-refractivity contribution in [3.05, 3.63) is 35.3 Å². The number of nitrogens with one attached hydrogen (secondary N) is 2. The lowest BCUT2D eigenvalue weighted by Crippen LogP contribution is -2.37. The van der Waals surface area contributed by atoms with Crippen molar-refractivity contribution in [1.29, 1.82) is 0 Å². The molecular formula is C16H23N5O2. The van der Waals surface area contributed by atoms with E-state index in [4.69, 9.17) is 4.74 Å². The van der Waals surface area contributed by atoms with Crippen molar-refractivity contribution < 1.29 is 9.53 Å². The molecule has 0 aliphatic heterocycles. The van der Waals surface area contributed by atoms with E-state index in [1.165, 1.54) is 12.7 Å². The number of nitrogens with zero attached hydrogens (tertiary/aromatic N) is 3. The van der Waals surface area contributed by atoms with Gasteiger partial charge in [-0.2, -0.15) is 5.10 Å². The zero-order chi connectivity index (χ0) is 17.0. The molecule has 0 spiro atoms. The van der Waals surface area contributed by atoms with Crippen LogP contribution in [0.15, 0.2) is 18.3 Å². The van der Waals surface area contributed by atoms with Gasteiger partial charge in [-0.1, -0.05) is 0 Å². The predicted octanol–water partition coefficient (Wildman–Crippen LogP) is 2.19. The summed E-state index contributed by atoms with van der Waals surface area (Å²) in [5.74, 6) is 0.384. The standard InChI is InChI=1S/C16H23N5O2/c1-10(9-13-11(2)20-21(4)12(13)3)18-16(22)19-14-7-6-8-17-15(14)23-5/h6-8,10H,9H2,1-5H3,(H2,18,19,22)/t10-/m0/s1. The predicted molar refractivity (Wildman–Crippen MR) is 88.8 cm³/mol. The van der Waals surface area contributed by atoms with Crippen LogP contribution in [0.2, 0.25) is 0 Å². The van der Waals surface area contributed by atoms with Crippen LogP contribution in [0.25, 0.3) is 0 Å². The molecule has 0 radical (unpaired) electrons. The largest absolute Gasteiger partial charge is 0.480 e. The van der Waals surface area contributed by atoms with E-state index in [1.807, 2.05) is 32.5 Å². The summed E-state index contributed by atoms with van der Waals surface area (Å²) in [6.07, 6.45) is 2.33. The first kappa shape index (κ1) is 16.8. The molecule has 2 amide bonds. The molecule has 0 aliphatic carbocycles. The van der Waals surface area contributed by atoms with Gasteiger partial charge in [-0.05, 0) is 44.9 Å². The summed E-state index contributed by atoms with van der Waals surface area (Å²) in [7, 11) is 3.44. The van der Waals surface area contributed by atoms with Gasteiger partial charge in [0.15, 0.2) is 0 Å². The number of amides is 2. The third kappa shape index (κ3) is 4.00. The van der Waals surface area contributed by atoms with Crippen molar-refractivity contribution in [1.82, 2.24) is 20.1 Å². The monoisotopic (exact) mass is 317 g/mol. The molecular weight excluding hydrogens is 294 g/mol. The first-order chi connectivity index (χ1) is 10.9. The maximum atomic E-state index is 12.1. The Balaban J connectivity index is 1.97. The Morgan fingerprint density at radius 1 is 1.43 bits per heavy atom. The van der Waals surface area contributed by atoms with E-state index in [0.29, 0.717) is 11.6 Å². The van der Waals surface area contributed by atoms with Crippen LogP contribution in [0.3, 0.4) is 0 Å². The highest BCUT2D eigenvalue weighted by Crippen LogP contribution is 2.19. The fourth-order valence-corrected chi connectivity index (χ4v) is 2.50. The van der Waals surface area contributed by atoms with E-state index in [-0.39, 0.29) is 12.1 Å². The Kier molecular flexibility index (Phi) is 5.20. The highest BCUT2D eigenvalue weighted by molar-refractivity contribution is 5.90. The second-order valence-corrected chi connectivity index (χ2v) is 5.54. The Morgan fingerprint density at radius 2 is 2.17 bits per heavy atom. The van der Waals surface area contributed by atoms with Crippen molar-refractivity contribution >= 4 is 11.7 Å². The molecule has 2 N–H and O–H groups in total. The number of aryl methyl sites for hydroxylation is 2. The number of rotatable bonds is 5. The van der Waals surface area contributed by atoms with Crippen LogP contribution < -0.4 is 15.4 Å². The smallest absolute Gasteiger partial charge is 0.319 e. The summed E-state index contributed by atoms with van der Waals surface area (Å²) in [6, 6.07) is 3.16. The Morgan fingerprint density at radius 3 is 2.78 bits per heavy atom. The molecule has 0 aliphatic rings. The summed E-state index contributed by atoms with van der Waals surface area (Å²) in [4.78, 5) is 16.2. The summed E-state index contributed by atoms with van der Waals surface area (Å²) < 4.78 is 6.98. The molecule has 23 heavy (non-hydrogen) atoms. The number of carbonyl (C=O) groups excluding carboxylic acids is 1. The van der Waals surface area contributed by atoms with Gasteiger partial charge in [0, 0.05) is 25.0 Å². The highest BCUT2D eigenvalue weighted by atomic mass is 16.5. The van der Waals surface area contributed by atoms with Crippen molar-refractivity contribution in [3.63, 3.8) is 0 Å². The number of urea groups is 1. The summed E-state index contributed by atoms with van der Waals surface area (Å²) in [6.45, 7) is 5.98. The van der Waals surface area contributed by atoms with Crippen molar-refractivity contribution in [2.75, 3.05) is 12.4 Å². The van der Waals surface area contributed by atoms with Gasteiger partial charge in [0.1, 0.15) is 5.69 Å². The van der Waals surface area contributed by atoms with E-state index in [1.54, 1.807) is 18.3 Å². The lowest BCUT2D eigenvalue weighted by atomic mass is 10.1. The highest BCUT2D eigenvalue weighted by Gasteiger charge is 2.15. The van der Waals surface area contributed by atoms with Crippen LogP contribution in [0, 0.1) is 13.8 Å². The average Bonchev–Trinajstić information content (AvgIpc) is 2.74. The molecule has 7 heteroatoms. The second-order valence-electron chi connectivity index (χ2n) is 5.54. The van der Waals surface area contributed by atoms with Crippen LogP contribution in [0.5, 0.6) is 5.88 Å². The minimum absolute atomic E-state index is 0.0285. The van der Waals surface area contributed by atoms with Gasteiger partial charge in [0.2, 0.25) is 5.88 Å². The van der Waals surface area contributed by atoms with Gasteiger partial charge >= 0.3 is 6.03 Å². The van der Waals surface area contributed by atoms with E-state index in [0.717, 1.165) is 17.8 Å².